The van der Waals surface area contributed by atoms with Gasteiger partial charge in [-0.3, -0.25) is 14.4 Å². The molecule has 2 heterocycles. The number of halogens is 3. The Bertz CT molecular complexity index is 2100. The molecule has 0 saturated carbocycles. The predicted molar refractivity (Wildman–Crippen MR) is 179 cm³/mol. The van der Waals surface area contributed by atoms with Gasteiger partial charge in [-0.15, -0.1) is 5.01 Å². The number of imide groups is 1. The summed E-state index contributed by atoms with van der Waals surface area (Å²) in [6.45, 7) is 6.62. The molecule has 1 aliphatic heterocycles. The zero-order valence-electron chi connectivity index (χ0n) is 28.5. The van der Waals surface area contributed by atoms with E-state index in [1.165, 1.54) is 38.2 Å². The number of alkyl halides is 3. The second-order valence-electron chi connectivity index (χ2n) is 12.4. The van der Waals surface area contributed by atoms with Crippen molar-refractivity contribution in [1.82, 2.24) is 24.4 Å². The highest BCUT2D eigenvalue weighted by Crippen LogP contribution is 2.33. The number of benzene rings is 3. The van der Waals surface area contributed by atoms with Gasteiger partial charge >= 0.3 is 6.18 Å². The maximum Gasteiger partial charge on any atom is 0.435 e. The van der Waals surface area contributed by atoms with Crippen LogP contribution >= 0.6 is 0 Å². The summed E-state index contributed by atoms with van der Waals surface area (Å²) < 4.78 is 70.5. The zero-order chi connectivity index (χ0) is 38.1. The third kappa shape index (κ3) is 7.75. The number of sulfonamides is 1. The lowest BCUT2D eigenvalue weighted by molar-refractivity contribution is -0.711. The number of likely N-dealkylation sites (N-methyl/N-ethyl adjacent to an activating group) is 1. The molecular weight excluding hydrogens is 707 g/mol. The molecule has 3 amide bonds. The summed E-state index contributed by atoms with van der Waals surface area (Å²) in [4.78, 5) is 44.3. The molecule has 18 heteroatoms. The van der Waals surface area contributed by atoms with Crippen molar-refractivity contribution in [3.05, 3.63) is 106 Å². The van der Waals surface area contributed by atoms with E-state index in [0.717, 1.165) is 38.4 Å². The first-order valence-corrected chi connectivity index (χ1v) is 17.3. The number of rotatable bonds is 12. The molecule has 1 aliphatic rings. The fraction of sp³-hybridized carbons (Fsp3) is 0.294. The number of nitrogens with zero attached hydrogens (tertiary/aromatic N) is 6. The molecule has 1 aromatic heterocycles. The number of fused-ring (bicyclic) bond motifs is 1. The first kappa shape index (κ1) is 37.5. The second kappa shape index (κ2) is 14.5. The molecule has 0 saturated heterocycles. The number of aromatic nitrogens is 2. The molecule has 0 bridgehead atoms. The van der Waals surface area contributed by atoms with Gasteiger partial charge in [0.05, 0.1) is 39.4 Å². The molecule has 1 N–H and O–H groups in total. The Kier molecular flexibility index (Phi) is 10.4. The van der Waals surface area contributed by atoms with Gasteiger partial charge in [0.2, 0.25) is 11.5 Å². The molecule has 0 aliphatic carbocycles. The Balaban J connectivity index is 1.32. The average molecular weight is 742 g/mol. The quantitative estimate of drug-likeness (QED) is 0.0857. The first-order valence-electron chi connectivity index (χ1n) is 15.8. The van der Waals surface area contributed by atoms with Crippen LogP contribution in [-0.2, 0) is 25.8 Å². The lowest BCUT2D eigenvalue weighted by atomic mass is 10.0. The highest BCUT2D eigenvalue weighted by molar-refractivity contribution is 7.90. The summed E-state index contributed by atoms with van der Waals surface area (Å²) in [6.07, 6.45) is -6.07. The van der Waals surface area contributed by atoms with Crippen LogP contribution in [0.2, 0.25) is 0 Å². The van der Waals surface area contributed by atoms with Crippen LogP contribution < -0.4 is 4.72 Å². The fourth-order valence-corrected chi connectivity index (χ4v) is 6.43. The number of aryl methyl sites for hydroxylation is 1. The lowest BCUT2D eigenvalue weighted by Crippen LogP contribution is -2.50. The van der Waals surface area contributed by atoms with Gasteiger partial charge in [0, 0.05) is 5.56 Å². The number of nitrogens with one attached hydrogen (secondary N) is 1. The summed E-state index contributed by atoms with van der Waals surface area (Å²) in [5, 5.41) is 20.9. The molecule has 2 atom stereocenters. The minimum absolute atomic E-state index is 0.0123. The van der Waals surface area contributed by atoms with Crippen molar-refractivity contribution >= 4 is 27.7 Å². The highest BCUT2D eigenvalue weighted by atomic mass is 32.2. The maximum atomic E-state index is 13.6. The minimum atomic E-state index is -4.74. The summed E-state index contributed by atoms with van der Waals surface area (Å²) >= 11 is 0. The van der Waals surface area contributed by atoms with E-state index in [4.69, 9.17) is 4.84 Å². The molecule has 14 nitrogen and oxygen atoms in total. The van der Waals surface area contributed by atoms with Crippen molar-refractivity contribution in [1.29, 1.82) is 0 Å². The normalized spacial score (nSPS) is 14.7. The van der Waals surface area contributed by atoms with Crippen LogP contribution in [0, 0.1) is 18.0 Å². The molecule has 5 rings (SSSR count). The Morgan fingerprint density at radius 2 is 1.58 bits per heavy atom. The number of carbonyl (C=O) groups excluding carboxylic acids is 3. The van der Waals surface area contributed by atoms with Gasteiger partial charge in [0.25, 0.3) is 27.7 Å². The van der Waals surface area contributed by atoms with E-state index in [9.17, 15) is 41.2 Å². The van der Waals surface area contributed by atoms with E-state index in [-0.39, 0.29) is 39.8 Å². The largest absolute Gasteiger partial charge is 0.569 e. The van der Waals surface area contributed by atoms with Gasteiger partial charge in [-0.1, -0.05) is 55.8 Å². The van der Waals surface area contributed by atoms with Gasteiger partial charge in [0.1, 0.15) is 0 Å². The van der Waals surface area contributed by atoms with Crippen LogP contribution in [0.5, 0.6) is 0 Å². The van der Waals surface area contributed by atoms with Crippen LogP contribution in [0.25, 0.3) is 16.9 Å². The minimum Gasteiger partial charge on any atom is -0.569 e. The van der Waals surface area contributed by atoms with Gasteiger partial charge < -0.3 is 10.0 Å². The Morgan fingerprint density at radius 3 is 2.12 bits per heavy atom. The molecule has 52 heavy (non-hydrogen) atoms. The third-order valence-corrected chi connectivity index (χ3v) is 9.51. The van der Waals surface area contributed by atoms with Crippen molar-refractivity contribution in [2.45, 2.75) is 57.5 Å². The summed E-state index contributed by atoms with van der Waals surface area (Å²) in [6, 6.07) is 17.0. The average Bonchev–Trinajstić information content (AvgIpc) is 3.65. The van der Waals surface area contributed by atoms with Gasteiger partial charge in [-0.05, 0) is 68.7 Å². The van der Waals surface area contributed by atoms with Crippen LogP contribution in [0.4, 0.5) is 13.2 Å². The topological polar surface area (TPSA) is 169 Å². The second-order valence-corrected chi connectivity index (χ2v) is 14.1. The predicted octanol–water partition coefficient (Wildman–Crippen LogP) is 5.47. The van der Waals surface area contributed by atoms with Crippen LogP contribution in [0.1, 0.15) is 59.2 Å². The van der Waals surface area contributed by atoms with Crippen LogP contribution in [0.3, 0.4) is 0 Å². The Hall–Kier alpha value is -5.78. The summed E-state index contributed by atoms with van der Waals surface area (Å²) in [5.41, 5.74) is 0.748. The highest BCUT2D eigenvalue weighted by Gasteiger charge is 2.40. The molecule has 0 radical (unpaired) electrons. The molecule has 0 fully saturated rings. The van der Waals surface area contributed by atoms with Gasteiger partial charge in [0.15, 0.2) is 11.7 Å². The van der Waals surface area contributed by atoms with Gasteiger partial charge in [-0.2, -0.15) is 18.3 Å². The smallest absolute Gasteiger partial charge is 0.435 e. The van der Waals surface area contributed by atoms with Crippen molar-refractivity contribution in [2.75, 3.05) is 7.05 Å². The molecule has 1 unspecified atom stereocenters. The summed E-state index contributed by atoms with van der Waals surface area (Å²) in [7, 11) is -3.39. The summed E-state index contributed by atoms with van der Waals surface area (Å²) in [5.74, 6) is -2.60. The van der Waals surface area contributed by atoms with E-state index < -0.39 is 56.8 Å². The third-order valence-electron chi connectivity index (χ3n) is 8.15. The Labute approximate surface area is 296 Å². The van der Waals surface area contributed by atoms with E-state index in [2.05, 4.69) is 10.4 Å². The lowest BCUT2D eigenvalue weighted by Gasteiger charge is -2.25. The zero-order valence-corrected chi connectivity index (χ0v) is 29.3. The van der Waals surface area contributed by atoms with Crippen LogP contribution in [0.15, 0.2) is 89.0 Å². The van der Waals surface area contributed by atoms with E-state index >= 15 is 0 Å². The molecule has 3 aromatic carbocycles. The number of carbonyl (C=O) groups is 3. The van der Waals surface area contributed by atoms with E-state index in [1.807, 2.05) is 11.6 Å². The fourth-order valence-electron chi connectivity index (χ4n) is 5.42. The molecule has 0 spiro atoms. The van der Waals surface area contributed by atoms with Crippen molar-refractivity contribution in [2.24, 2.45) is 11.2 Å². The monoisotopic (exact) mass is 741 g/mol. The molecule has 274 valence electrons. The number of hydrazine groups is 1. The molecular formula is C34H34F3N7O7S. The maximum absolute atomic E-state index is 13.6. The van der Waals surface area contributed by atoms with Crippen LogP contribution in [-0.4, -0.2) is 70.1 Å². The number of hydrogen-bond donors (Lipinski definition) is 1. The van der Waals surface area contributed by atoms with Crippen molar-refractivity contribution in [3.8, 4) is 16.9 Å². The van der Waals surface area contributed by atoms with Crippen molar-refractivity contribution < 1.29 is 45.8 Å². The van der Waals surface area contributed by atoms with Crippen molar-refractivity contribution in [3.63, 3.8) is 0 Å². The van der Waals surface area contributed by atoms with E-state index in [1.54, 1.807) is 50.2 Å². The SMILES string of the molecule is Cc1ccc(-c2cc(C(F)(F)F)nn2-c2ccc(S(=O)(=O)NC(=O)[C@H](CC(C)C)N(C)/[N+]([O-])=N/OC(C)N3C(=O)c4ccccc4C3=O)cc2)cc1. The first-order chi connectivity index (χ1) is 24.4. The standard InChI is InChI=1S/C34H34F3N7O7S/c1-20(2)18-29(41(5)44(48)40-51-22(4)42-32(46)26-8-6-7-9-27(26)33(42)47)31(45)39-52(49,50)25-16-14-24(15-17-25)43-28(19-30(38-43)34(35,36)37)23-12-10-21(3)11-13-23/h6-17,19-20,22,29H,18H2,1-5H3,(H,39,45)/b44-40-/t22?,29-/m0/s1. The van der Waals surface area contributed by atoms with E-state index in [0.29, 0.717) is 5.56 Å². The number of amides is 3. The number of hydrogen-bond acceptors (Lipinski definition) is 9. The molecule has 4 aromatic rings. The Morgan fingerprint density at radius 1 is 1.00 bits per heavy atom. The van der Waals surface area contributed by atoms with Gasteiger partial charge in [-0.25, -0.2) is 22.7 Å².